The molecule has 0 spiro atoms. The number of hydrogen-bond donors (Lipinski definition) is 1. The van der Waals surface area contributed by atoms with Crippen LogP contribution in [0.1, 0.15) is 15.9 Å². The van der Waals surface area contributed by atoms with Crippen molar-refractivity contribution in [3.63, 3.8) is 0 Å². The van der Waals surface area contributed by atoms with Gasteiger partial charge in [-0.05, 0) is 42.5 Å². The number of nitro benzene ring substituents is 1. The molecule has 0 aliphatic heterocycles. The molecule has 0 aliphatic rings. The van der Waals surface area contributed by atoms with E-state index in [0.717, 1.165) is 0 Å². The van der Waals surface area contributed by atoms with Crippen LogP contribution in [0.5, 0.6) is 5.75 Å². The van der Waals surface area contributed by atoms with Crippen LogP contribution in [0.15, 0.2) is 54.6 Å². The molecule has 0 saturated heterocycles. The second-order valence-electron chi connectivity index (χ2n) is 4.72. The number of aliphatic carboxylic acids is 1. The SMILES string of the molecule is O=C(O)COc1ccc(C(=O)/C=C/c2ccccc2[N+](=O)[O-])cc1. The van der Waals surface area contributed by atoms with E-state index in [4.69, 9.17) is 9.84 Å². The molecule has 0 aromatic heterocycles. The first-order chi connectivity index (χ1) is 11.5. The number of ketones is 1. The van der Waals surface area contributed by atoms with Gasteiger partial charge < -0.3 is 9.84 Å². The van der Waals surface area contributed by atoms with E-state index in [-0.39, 0.29) is 11.5 Å². The first-order valence-corrected chi connectivity index (χ1v) is 6.88. The topological polar surface area (TPSA) is 107 Å². The Balaban J connectivity index is 2.10. The molecule has 0 amide bonds. The van der Waals surface area contributed by atoms with Crippen LogP contribution in [0.2, 0.25) is 0 Å². The predicted octanol–water partition coefficient (Wildman–Crippen LogP) is 2.95. The summed E-state index contributed by atoms with van der Waals surface area (Å²) in [6.07, 6.45) is 2.63. The largest absolute Gasteiger partial charge is 0.482 e. The molecule has 0 atom stereocenters. The van der Waals surface area contributed by atoms with Crippen molar-refractivity contribution < 1.29 is 24.4 Å². The maximum Gasteiger partial charge on any atom is 0.341 e. The maximum atomic E-state index is 12.1. The van der Waals surface area contributed by atoms with Crippen molar-refractivity contribution in [2.24, 2.45) is 0 Å². The fourth-order valence-corrected chi connectivity index (χ4v) is 1.92. The second-order valence-corrected chi connectivity index (χ2v) is 4.72. The highest BCUT2D eigenvalue weighted by Gasteiger charge is 2.10. The number of hydrogen-bond acceptors (Lipinski definition) is 5. The van der Waals surface area contributed by atoms with Gasteiger partial charge in [-0.25, -0.2) is 4.79 Å². The Bertz CT molecular complexity index is 795. The summed E-state index contributed by atoms with van der Waals surface area (Å²) in [7, 11) is 0. The van der Waals surface area contributed by atoms with Gasteiger partial charge in [0.15, 0.2) is 12.4 Å². The molecule has 2 rings (SSSR count). The lowest BCUT2D eigenvalue weighted by Crippen LogP contribution is -2.09. The third-order valence-electron chi connectivity index (χ3n) is 3.05. The smallest absolute Gasteiger partial charge is 0.341 e. The van der Waals surface area contributed by atoms with E-state index in [2.05, 4.69) is 0 Å². The van der Waals surface area contributed by atoms with Crippen molar-refractivity contribution >= 4 is 23.5 Å². The molecule has 0 saturated carbocycles. The first-order valence-electron chi connectivity index (χ1n) is 6.88. The van der Waals surface area contributed by atoms with Gasteiger partial charge in [-0.2, -0.15) is 0 Å². The molecule has 2 aromatic rings. The van der Waals surface area contributed by atoms with Crippen LogP contribution >= 0.6 is 0 Å². The normalized spacial score (nSPS) is 10.5. The molecule has 122 valence electrons. The van der Waals surface area contributed by atoms with Gasteiger partial charge in [0.05, 0.1) is 10.5 Å². The second kappa shape index (κ2) is 7.68. The lowest BCUT2D eigenvalue weighted by atomic mass is 10.1. The summed E-state index contributed by atoms with van der Waals surface area (Å²) in [6, 6.07) is 12.0. The van der Waals surface area contributed by atoms with Crippen LogP contribution in [0.3, 0.4) is 0 Å². The molecule has 0 aliphatic carbocycles. The van der Waals surface area contributed by atoms with Crippen molar-refractivity contribution in [3.05, 3.63) is 75.8 Å². The van der Waals surface area contributed by atoms with E-state index >= 15 is 0 Å². The fourth-order valence-electron chi connectivity index (χ4n) is 1.92. The third kappa shape index (κ3) is 4.51. The molecule has 0 unspecified atom stereocenters. The number of benzene rings is 2. The average molecular weight is 327 g/mol. The van der Waals surface area contributed by atoms with Crippen molar-refractivity contribution in [1.82, 2.24) is 0 Å². The molecule has 0 radical (unpaired) electrons. The lowest BCUT2D eigenvalue weighted by molar-refractivity contribution is -0.385. The van der Waals surface area contributed by atoms with Crippen LogP contribution in [-0.4, -0.2) is 28.4 Å². The number of ether oxygens (including phenoxy) is 1. The molecule has 0 fully saturated rings. The van der Waals surface area contributed by atoms with Gasteiger partial charge in [0.25, 0.3) is 5.69 Å². The number of nitro groups is 1. The zero-order valence-corrected chi connectivity index (χ0v) is 12.4. The van der Waals surface area contributed by atoms with Gasteiger partial charge in [0.1, 0.15) is 5.75 Å². The number of carboxylic acid groups (broad SMARTS) is 1. The molecule has 7 heteroatoms. The van der Waals surface area contributed by atoms with Crippen molar-refractivity contribution in [1.29, 1.82) is 0 Å². The Morgan fingerprint density at radius 2 is 1.79 bits per heavy atom. The first kappa shape index (κ1) is 16.9. The fraction of sp³-hybridized carbons (Fsp3) is 0.0588. The summed E-state index contributed by atoms with van der Waals surface area (Å²) in [5.41, 5.74) is 0.601. The Kier molecular flexibility index (Phi) is 5.40. The number of allylic oxidation sites excluding steroid dienone is 1. The minimum absolute atomic E-state index is 0.0843. The summed E-state index contributed by atoms with van der Waals surface area (Å²) in [5.74, 6) is -1.10. The summed E-state index contributed by atoms with van der Waals surface area (Å²) >= 11 is 0. The Labute approximate surface area is 137 Å². The standard InChI is InChI=1S/C17H13NO6/c19-16(10-7-12-3-1-2-4-15(12)18(22)23)13-5-8-14(9-6-13)24-11-17(20)21/h1-10H,11H2,(H,20,21)/b10-7+. The van der Waals surface area contributed by atoms with Crippen LogP contribution < -0.4 is 4.74 Å². The van der Waals surface area contributed by atoms with Crippen LogP contribution in [0, 0.1) is 10.1 Å². The zero-order chi connectivity index (χ0) is 17.5. The molecule has 7 nitrogen and oxygen atoms in total. The highest BCUT2D eigenvalue weighted by molar-refractivity contribution is 6.07. The maximum absolute atomic E-state index is 12.1. The average Bonchev–Trinajstić information content (AvgIpc) is 2.58. The molecule has 0 heterocycles. The number of carboxylic acids is 1. The number of rotatable bonds is 7. The quantitative estimate of drug-likeness (QED) is 0.362. The molecule has 1 N–H and O–H groups in total. The predicted molar refractivity (Wildman–Crippen MR) is 86.0 cm³/mol. The van der Waals surface area contributed by atoms with E-state index < -0.39 is 17.5 Å². The van der Waals surface area contributed by atoms with Crippen molar-refractivity contribution in [2.75, 3.05) is 6.61 Å². The summed E-state index contributed by atoms with van der Waals surface area (Å²) in [4.78, 5) is 32.9. The van der Waals surface area contributed by atoms with Gasteiger partial charge >= 0.3 is 5.97 Å². The van der Waals surface area contributed by atoms with Gasteiger partial charge in [0, 0.05) is 11.6 Å². The summed E-state index contributed by atoms with van der Waals surface area (Å²) in [5, 5.41) is 19.4. The molecule has 2 aromatic carbocycles. The highest BCUT2D eigenvalue weighted by atomic mass is 16.6. The Morgan fingerprint density at radius 3 is 2.42 bits per heavy atom. The van der Waals surface area contributed by atoms with E-state index in [1.165, 1.54) is 42.5 Å². The van der Waals surface area contributed by atoms with E-state index in [1.807, 2.05) is 0 Å². The van der Waals surface area contributed by atoms with E-state index in [0.29, 0.717) is 16.9 Å². The molecule has 24 heavy (non-hydrogen) atoms. The Morgan fingerprint density at radius 1 is 1.12 bits per heavy atom. The zero-order valence-electron chi connectivity index (χ0n) is 12.4. The highest BCUT2D eigenvalue weighted by Crippen LogP contribution is 2.19. The van der Waals surface area contributed by atoms with Gasteiger partial charge in [-0.15, -0.1) is 0 Å². The third-order valence-corrected chi connectivity index (χ3v) is 3.05. The van der Waals surface area contributed by atoms with Crippen LogP contribution in [0.4, 0.5) is 5.69 Å². The van der Waals surface area contributed by atoms with Gasteiger partial charge in [0.2, 0.25) is 0 Å². The van der Waals surface area contributed by atoms with Crippen molar-refractivity contribution in [2.45, 2.75) is 0 Å². The summed E-state index contributed by atoms with van der Waals surface area (Å²) in [6.45, 7) is -0.467. The number of carbonyl (C=O) groups excluding carboxylic acids is 1. The van der Waals surface area contributed by atoms with Crippen molar-refractivity contribution in [3.8, 4) is 5.75 Å². The molecule has 0 bridgehead atoms. The van der Waals surface area contributed by atoms with Gasteiger partial charge in [-0.3, -0.25) is 14.9 Å². The van der Waals surface area contributed by atoms with Gasteiger partial charge in [-0.1, -0.05) is 12.1 Å². The lowest BCUT2D eigenvalue weighted by Gasteiger charge is -2.03. The Hall–Kier alpha value is -3.48. The molecular weight excluding hydrogens is 314 g/mol. The van der Waals surface area contributed by atoms with E-state index in [1.54, 1.807) is 18.2 Å². The monoisotopic (exact) mass is 327 g/mol. The minimum Gasteiger partial charge on any atom is -0.482 e. The number of carbonyl (C=O) groups is 2. The molecular formula is C17H13NO6. The van der Waals surface area contributed by atoms with E-state index in [9.17, 15) is 19.7 Å². The van der Waals surface area contributed by atoms with Crippen LogP contribution in [0.25, 0.3) is 6.08 Å². The number of para-hydroxylation sites is 1. The minimum atomic E-state index is -1.09. The summed E-state index contributed by atoms with van der Waals surface area (Å²) < 4.78 is 4.97. The van der Waals surface area contributed by atoms with Crippen LogP contribution in [-0.2, 0) is 4.79 Å². The number of nitrogens with zero attached hydrogens (tertiary/aromatic N) is 1.